The molecule has 9 heteroatoms. The summed E-state index contributed by atoms with van der Waals surface area (Å²) in [6.07, 6.45) is 0.618. The molecule has 0 radical (unpaired) electrons. The van der Waals surface area contributed by atoms with E-state index in [-0.39, 0.29) is 24.1 Å². The second-order valence-corrected chi connectivity index (χ2v) is 8.38. The van der Waals surface area contributed by atoms with Gasteiger partial charge in [-0.1, -0.05) is 12.1 Å². The number of para-hydroxylation sites is 1. The average molecular weight is 452 g/mol. The number of benzene rings is 2. The molecule has 7 nitrogen and oxygen atoms in total. The summed E-state index contributed by atoms with van der Waals surface area (Å²) in [7, 11) is 0. The van der Waals surface area contributed by atoms with Crippen molar-refractivity contribution in [2.24, 2.45) is 0 Å². The van der Waals surface area contributed by atoms with Crippen LogP contribution in [0.3, 0.4) is 0 Å². The zero-order chi connectivity index (χ0) is 22.2. The molecule has 1 saturated heterocycles. The Labute approximate surface area is 189 Å². The second kappa shape index (κ2) is 8.31. The van der Waals surface area contributed by atoms with Gasteiger partial charge in [0.05, 0.1) is 5.52 Å². The molecular formula is C23H22FN5O2S. The Morgan fingerprint density at radius 3 is 2.56 bits per heavy atom. The summed E-state index contributed by atoms with van der Waals surface area (Å²) < 4.78 is 15.2. The van der Waals surface area contributed by atoms with Crippen molar-refractivity contribution >= 4 is 46.4 Å². The summed E-state index contributed by atoms with van der Waals surface area (Å²) >= 11 is 5.44. The molecule has 3 heterocycles. The smallest absolute Gasteiger partial charge is 0.248 e. The van der Waals surface area contributed by atoms with Crippen LogP contribution in [0.5, 0.6) is 0 Å². The maximum absolute atomic E-state index is 13.1. The lowest BCUT2D eigenvalue weighted by Gasteiger charge is -2.36. The van der Waals surface area contributed by atoms with Crippen LogP contribution in [0, 0.1) is 10.6 Å². The fourth-order valence-corrected chi connectivity index (χ4v) is 4.75. The Balaban J connectivity index is 1.24. The van der Waals surface area contributed by atoms with Crippen molar-refractivity contribution in [3.05, 3.63) is 59.1 Å². The number of amides is 2. The van der Waals surface area contributed by atoms with E-state index in [1.54, 1.807) is 16.7 Å². The molecule has 1 fully saturated rings. The molecule has 0 bridgehead atoms. The number of aromatic nitrogens is 2. The molecule has 0 spiro atoms. The average Bonchev–Trinajstić information content (AvgIpc) is 3.15. The number of halogens is 1. The third-order valence-electron chi connectivity index (χ3n) is 6.13. The van der Waals surface area contributed by atoms with Crippen molar-refractivity contribution in [3.8, 4) is 0 Å². The number of nitrogens with zero attached hydrogens (tertiary/aromatic N) is 4. The number of nitrogens with one attached hydrogen (secondary N) is 1. The first kappa shape index (κ1) is 20.6. The predicted molar refractivity (Wildman–Crippen MR) is 123 cm³/mol. The van der Waals surface area contributed by atoms with Gasteiger partial charge in [0.1, 0.15) is 17.7 Å². The number of hydrogen-bond acceptors (Lipinski definition) is 5. The monoisotopic (exact) mass is 451 g/mol. The summed E-state index contributed by atoms with van der Waals surface area (Å²) in [5, 5.41) is 3.76. The number of hydrogen-bond donors (Lipinski definition) is 1. The maximum atomic E-state index is 13.1. The Morgan fingerprint density at radius 1 is 1.09 bits per heavy atom. The fraction of sp³-hybridized carbons (Fsp3) is 0.304. The van der Waals surface area contributed by atoms with Crippen LogP contribution >= 0.6 is 12.2 Å². The minimum Gasteiger partial charge on any atom is -0.368 e. The standard InChI is InChI=1S/C23H22FN5O2S/c24-15-5-7-16(8-6-15)27-11-13-28(14-12-27)20(30)10-9-19-22(31)26-21-17-3-1-2-4-18(17)25-23(32)29(19)21/h1-8,19H,9-14H2,(H,26,31). The zero-order valence-electron chi connectivity index (χ0n) is 17.3. The number of fused-ring (bicyclic) bond motifs is 3. The molecule has 2 amide bonds. The maximum Gasteiger partial charge on any atom is 0.248 e. The second-order valence-electron chi connectivity index (χ2n) is 8.02. The van der Waals surface area contributed by atoms with E-state index in [0.29, 0.717) is 43.2 Å². The van der Waals surface area contributed by atoms with E-state index in [9.17, 15) is 14.0 Å². The van der Waals surface area contributed by atoms with Gasteiger partial charge in [-0.15, -0.1) is 0 Å². The molecule has 1 atom stereocenters. The van der Waals surface area contributed by atoms with Crippen LogP contribution in [0.15, 0.2) is 48.5 Å². The molecule has 2 aromatic carbocycles. The van der Waals surface area contributed by atoms with Gasteiger partial charge < -0.3 is 15.1 Å². The lowest BCUT2D eigenvalue weighted by Crippen LogP contribution is -2.48. The van der Waals surface area contributed by atoms with Crippen molar-refractivity contribution in [2.75, 3.05) is 36.4 Å². The van der Waals surface area contributed by atoms with Gasteiger partial charge in [0, 0.05) is 43.7 Å². The summed E-state index contributed by atoms with van der Waals surface area (Å²) in [5.41, 5.74) is 1.69. The summed E-state index contributed by atoms with van der Waals surface area (Å²) in [4.78, 5) is 33.9. The predicted octanol–water partition coefficient (Wildman–Crippen LogP) is 3.53. The lowest BCUT2D eigenvalue weighted by molar-refractivity contribution is -0.131. The largest absolute Gasteiger partial charge is 0.368 e. The van der Waals surface area contributed by atoms with Gasteiger partial charge in [-0.3, -0.25) is 14.2 Å². The third-order valence-corrected chi connectivity index (χ3v) is 6.42. The number of carbonyl (C=O) groups is 2. The van der Waals surface area contributed by atoms with Crippen LogP contribution in [-0.4, -0.2) is 52.4 Å². The van der Waals surface area contributed by atoms with Gasteiger partial charge in [0.15, 0.2) is 0 Å². The number of anilines is 2. The fourth-order valence-electron chi connectivity index (χ4n) is 4.43. The van der Waals surface area contributed by atoms with E-state index < -0.39 is 6.04 Å². The zero-order valence-corrected chi connectivity index (χ0v) is 18.1. The van der Waals surface area contributed by atoms with Gasteiger partial charge in [-0.25, -0.2) is 9.37 Å². The molecular weight excluding hydrogens is 429 g/mol. The van der Waals surface area contributed by atoms with Crippen molar-refractivity contribution in [3.63, 3.8) is 0 Å². The van der Waals surface area contributed by atoms with Crippen molar-refractivity contribution in [1.29, 1.82) is 0 Å². The van der Waals surface area contributed by atoms with Crippen LogP contribution in [-0.2, 0) is 9.59 Å². The molecule has 1 aromatic heterocycles. The Hall–Kier alpha value is -3.33. The third kappa shape index (κ3) is 3.73. The minimum atomic E-state index is -0.543. The summed E-state index contributed by atoms with van der Waals surface area (Å²) in [6.45, 7) is 2.56. The van der Waals surface area contributed by atoms with E-state index >= 15 is 0 Å². The first-order valence-corrected chi connectivity index (χ1v) is 11.0. The first-order chi connectivity index (χ1) is 15.5. The highest BCUT2D eigenvalue weighted by Gasteiger charge is 2.33. The molecule has 0 aliphatic carbocycles. The first-order valence-electron chi connectivity index (χ1n) is 10.6. The van der Waals surface area contributed by atoms with Gasteiger partial charge in [-0.2, -0.15) is 0 Å². The number of piperazine rings is 1. The quantitative estimate of drug-likeness (QED) is 0.615. The van der Waals surface area contributed by atoms with E-state index in [1.165, 1.54) is 12.1 Å². The van der Waals surface area contributed by atoms with E-state index in [0.717, 1.165) is 16.6 Å². The Morgan fingerprint density at radius 2 is 1.81 bits per heavy atom. The Bertz CT molecular complexity index is 1250. The van der Waals surface area contributed by atoms with Gasteiger partial charge in [0.2, 0.25) is 16.6 Å². The van der Waals surface area contributed by atoms with E-state index in [2.05, 4.69) is 15.2 Å². The van der Waals surface area contributed by atoms with Crippen LogP contribution in [0.1, 0.15) is 18.9 Å². The minimum absolute atomic E-state index is 0.0188. The van der Waals surface area contributed by atoms with Gasteiger partial charge in [0.25, 0.3) is 0 Å². The van der Waals surface area contributed by atoms with Gasteiger partial charge in [-0.05, 0) is 55.0 Å². The summed E-state index contributed by atoms with van der Waals surface area (Å²) in [5.74, 6) is 0.243. The van der Waals surface area contributed by atoms with Gasteiger partial charge >= 0.3 is 0 Å². The highest BCUT2D eigenvalue weighted by Crippen LogP contribution is 2.33. The van der Waals surface area contributed by atoms with Crippen LogP contribution in [0.4, 0.5) is 15.9 Å². The molecule has 1 N–H and O–H groups in total. The molecule has 3 aromatic rings. The van der Waals surface area contributed by atoms with Crippen LogP contribution in [0.25, 0.3) is 10.9 Å². The molecule has 32 heavy (non-hydrogen) atoms. The molecule has 164 valence electrons. The number of rotatable bonds is 4. The van der Waals surface area contributed by atoms with Crippen molar-refractivity contribution in [2.45, 2.75) is 18.9 Å². The molecule has 1 unspecified atom stereocenters. The lowest BCUT2D eigenvalue weighted by atomic mass is 10.1. The van der Waals surface area contributed by atoms with E-state index in [1.807, 2.05) is 29.2 Å². The highest BCUT2D eigenvalue weighted by atomic mass is 32.1. The van der Waals surface area contributed by atoms with E-state index in [4.69, 9.17) is 12.2 Å². The molecule has 2 aliphatic rings. The topological polar surface area (TPSA) is 70.5 Å². The summed E-state index contributed by atoms with van der Waals surface area (Å²) in [6, 6.07) is 13.4. The molecule has 2 aliphatic heterocycles. The molecule has 5 rings (SSSR count). The Kier molecular flexibility index (Phi) is 5.34. The highest BCUT2D eigenvalue weighted by molar-refractivity contribution is 7.71. The number of carbonyl (C=O) groups excluding carboxylic acids is 2. The van der Waals surface area contributed by atoms with Crippen molar-refractivity contribution < 1.29 is 14.0 Å². The van der Waals surface area contributed by atoms with Crippen LogP contribution < -0.4 is 10.2 Å². The normalized spacial score (nSPS) is 18.0. The molecule has 0 saturated carbocycles. The van der Waals surface area contributed by atoms with Crippen LogP contribution in [0.2, 0.25) is 0 Å². The SMILES string of the molecule is O=C1Nc2c3ccccc3nc(=S)n2C1CCC(=O)N1CCN(c2ccc(F)cc2)CC1. The van der Waals surface area contributed by atoms with Crippen molar-refractivity contribution in [1.82, 2.24) is 14.5 Å².